The van der Waals surface area contributed by atoms with Gasteiger partial charge in [-0.15, -0.1) is 5.10 Å². The molecule has 0 amide bonds. The maximum Gasteiger partial charge on any atom is 0.226 e. The molecule has 0 radical (unpaired) electrons. The zero-order valence-electron chi connectivity index (χ0n) is 18.2. The molecule has 0 aliphatic heterocycles. The molecule has 0 saturated heterocycles. The van der Waals surface area contributed by atoms with Gasteiger partial charge < -0.3 is 10.6 Å². The second-order valence-electron chi connectivity index (χ2n) is 6.22. The van der Waals surface area contributed by atoms with Crippen molar-refractivity contribution in [2.24, 2.45) is 0 Å². The first-order chi connectivity index (χ1) is 14.0. The number of hydrogen-bond donors (Lipinski definition) is 2. The molecule has 6 heteroatoms. The Morgan fingerprint density at radius 1 is 1.21 bits per heavy atom. The van der Waals surface area contributed by atoms with Crippen LogP contribution in [0.5, 0.6) is 0 Å². The third kappa shape index (κ3) is 7.41. The fourth-order valence-electron chi connectivity index (χ4n) is 2.49. The molecular formula is C23H33N5O. The summed E-state index contributed by atoms with van der Waals surface area (Å²) in [6.07, 6.45) is 15.0. The highest BCUT2D eigenvalue weighted by Crippen LogP contribution is 2.22. The Balaban J connectivity index is 3.12. The van der Waals surface area contributed by atoms with Gasteiger partial charge >= 0.3 is 0 Å². The number of carbonyl (C=O) groups is 1. The molecule has 0 aromatic carbocycles. The summed E-state index contributed by atoms with van der Waals surface area (Å²) in [7, 11) is 0. The normalized spacial score (nSPS) is 13.7. The minimum Gasteiger partial charge on any atom is -0.380 e. The molecule has 0 atom stereocenters. The lowest BCUT2D eigenvalue weighted by molar-refractivity contribution is -0.104. The van der Waals surface area contributed by atoms with Crippen LogP contribution in [-0.4, -0.2) is 27.6 Å². The third-order valence-electron chi connectivity index (χ3n) is 4.22. The predicted molar refractivity (Wildman–Crippen MR) is 122 cm³/mol. The lowest BCUT2D eigenvalue weighted by Gasteiger charge is -2.12. The van der Waals surface area contributed by atoms with Gasteiger partial charge in [0, 0.05) is 23.5 Å². The van der Waals surface area contributed by atoms with E-state index in [0.717, 1.165) is 29.6 Å². The lowest BCUT2D eigenvalue weighted by atomic mass is 10.1. The first kappa shape index (κ1) is 23.9. The lowest BCUT2D eigenvalue weighted by Crippen LogP contribution is -2.21. The summed E-state index contributed by atoms with van der Waals surface area (Å²) >= 11 is 0. The van der Waals surface area contributed by atoms with Crippen molar-refractivity contribution in [1.82, 2.24) is 20.1 Å². The van der Waals surface area contributed by atoms with E-state index in [1.165, 1.54) is 6.08 Å². The van der Waals surface area contributed by atoms with Crippen LogP contribution < -0.4 is 10.6 Å². The van der Waals surface area contributed by atoms with E-state index in [2.05, 4.69) is 40.3 Å². The van der Waals surface area contributed by atoms with E-state index in [1.54, 1.807) is 10.8 Å². The number of carbonyl (C=O) groups excluding carboxylic acids is 1. The fourth-order valence-corrected chi connectivity index (χ4v) is 2.49. The van der Waals surface area contributed by atoms with Crippen LogP contribution in [-0.2, 0) is 11.3 Å². The van der Waals surface area contributed by atoms with Gasteiger partial charge in [0.1, 0.15) is 6.29 Å². The first-order valence-corrected chi connectivity index (χ1v) is 9.93. The van der Waals surface area contributed by atoms with Gasteiger partial charge in [-0.3, -0.25) is 4.79 Å². The van der Waals surface area contributed by atoms with Gasteiger partial charge in [0.2, 0.25) is 5.95 Å². The molecule has 1 heterocycles. The maximum atomic E-state index is 11.1. The maximum absolute atomic E-state index is 11.1. The van der Waals surface area contributed by atoms with E-state index in [4.69, 9.17) is 0 Å². The van der Waals surface area contributed by atoms with Crippen molar-refractivity contribution < 1.29 is 4.79 Å². The second-order valence-corrected chi connectivity index (χ2v) is 6.22. The summed E-state index contributed by atoms with van der Waals surface area (Å²) in [5.41, 5.74) is 3.67. The van der Waals surface area contributed by atoms with Crippen LogP contribution in [0.3, 0.4) is 0 Å². The number of nitrogens with zero attached hydrogens (tertiary/aromatic N) is 3. The highest BCUT2D eigenvalue weighted by molar-refractivity contribution is 5.76. The highest BCUT2D eigenvalue weighted by Gasteiger charge is 2.14. The molecule has 2 N–H and O–H groups in total. The number of anilines is 1. The number of nitrogens with one attached hydrogen (secondary N) is 2. The molecular weight excluding hydrogens is 362 g/mol. The second kappa shape index (κ2) is 13.1. The van der Waals surface area contributed by atoms with Gasteiger partial charge in [0.05, 0.1) is 6.54 Å². The topological polar surface area (TPSA) is 71.8 Å². The monoisotopic (exact) mass is 395 g/mol. The van der Waals surface area contributed by atoms with Gasteiger partial charge in [-0.2, -0.15) is 4.98 Å². The van der Waals surface area contributed by atoms with E-state index in [1.807, 2.05) is 52.0 Å². The standard InChI is InChI=1S/C23H33N5O/c1-7-12-14-19(10-4)24-17-20(15-16-29)25-23-26-22(27-28(23)11-5)21(13-8-2)18(6)9-3/h8-10,12-16,24H,2,7,11,17H2,1,3-6H3,(H,25,26,27)/b14-12-,18-9-,19-10+,20-15-,21-13+. The number of aromatic nitrogens is 3. The van der Waals surface area contributed by atoms with Crippen molar-refractivity contribution in [2.45, 2.75) is 47.6 Å². The molecule has 0 spiro atoms. The number of allylic oxidation sites excluding steroid dienone is 9. The van der Waals surface area contributed by atoms with Crippen molar-refractivity contribution in [3.05, 3.63) is 71.9 Å². The molecule has 29 heavy (non-hydrogen) atoms. The molecule has 1 aromatic heterocycles. The SMILES string of the molecule is C=C/C=C(\C(C)=C/C)c1nc(N/C(=C\C=O)CNC(/C=C\CC)=C/C)n(CC)n1. The fraction of sp³-hybridized carbons (Fsp3) is 0.348. The molecule has 6 nitrogen and oxygen atoms in total. The largest absolute Gasteiger partial charge is 0.380 e. The summed E-state index contributed by atoms with van der Waals surface area (Å²) < 4.78 is 1.78. The van der Waals surface area contributed by atoms with Crippen molar-refractivity contribution in [2.75, 3.05) is 11.9 Å². The van der Waals surface area contributed by atoms with Gasteiger partial charge in [-0.1, -0.05) is 43.9 Å². The van der Waals surface area contributed by atoms with Crippen molar-refractivity contribution in [1.29, 1.82) is 0 Å². The summed E-state index contributed by atoms with van der Waals surface area (Å²) in [6, 6.07) is 0. The van der Waals surface area contributed by atoms with Crippen LogP contribution in [0, 0.1) is 0 Å². The van der Waals surface area contributed by atoms with E-state index in [-0.39, 0.29) is 0 Å². The van der Waals surface area contributed by atoms with Gasteiger partial charge in [0.25, 0.3) is 0 Å². The van der Waals surface area contributed by atoms with E-state index in [0.29, 0.717) is 30.6 Å². The molecule has 156 valence electrons. The number of aryl methyl sites for hydroxylation is 1. The zero-order valence-corrected chi connectivity index (χ0v) is 18.2. The smallest absolute Gasteiger partial charge is 0.226 e. The summed E-state index contributed by atoms with van der Waals surface area (Å²) in [5.74, 6) is 1.20. The molecule has 0 fully saturated rings. The Morgan fingerprint density at radius 2 is 1.97 bits per heavy atom. The minimum absolute atomic E-state index is 0.460. The Bertz CT molecular complexity index is 837. The van der Waals surface area contributed by atoms with Crippen molar-refractivity contribution in [3.8, 4) is 0 Å². The van der Waals surface area contributed by atoms with Crippen molar-refractivity contribution in [3.63, 3.8) is 0 Å². The van der Waals surface area contributed by atoms with Gasteiger partial charge in [-0.05, 0) is 51.8 Å². The Labute approximate surface area is 174 Å². The molecule has 0 aliphatic rings. The molecule has 0 saturated carbocycles. The molecule has 0 bridgehead atoms. The molecule has 1 aromatic rings. The number of hydrogen-bond acceptors (Lipinski definition) is 5. The predicted octanol–water partition coefficient (Wildman–Crippen LogP) is 4.79. The molecule has 1 rings (SSSR count). The van der Waals surface area contributed by atoms with E-state index in [9.17, 15) is 4.79 Å². The van der Waals surface area contributed by atoms with Gasteiger partial charge in [0.15, 0.2) is 5.82 Å². The summed E-state index contributed by atoms with van der Waals surface area (Å²) in [5, 5.41) is 11.2. The Morgan fingerprint density at radius 3 is 2.52 bits per heavy atom. The van der Waals surface area contributed by atoms with E-state index >= 15 is 0 Å². The molecule has 0 aliphatic carbocycles. The van der Waals surface area contributed by atoms with Crippen LogP contribution in [0.4, 0.5) is 5.95 Å². The highest BCUT2D eigenvalue weighted by atomic mass is 16.1. The Hall–Kier alpha value is -3.15. The van der Waals surface area contributed by atoms with Crippen LogP contribution >= 0.6 is 0 Å². The third-order valence-corrected chi connectivity index (χ3v) is 4.22. The number of rotatable bonds is 12. The first-order valence-electron chi connectivity index (χ1n) is 9.93. The Kier molecular flexibility index (Phi) is 10.8. The number of aldehydes is 1. The van der Waals surface area contributed by atoms with Crippen LogP contribution in [0.15, 0.2) is 66.1 Å². The van der Waals surface area contributed by atoms with Gasteiger partial charge in [-0.25, -0.2) is 4.68 Å². The average molecular weight is 396 g/mol. The van der Waals surface area contributed by atoms with Crippen molar-refractivity contribution >= 4 is 17.8 Å². The zero-order chi connectivity index (χ0) is 21.6. The van der Waals surface area contributed by atoms with E-state index < -0.39 is 0 Å². The quantitative estimate of drug-likeness (QED) is 0.302. The minimum atomic E-state index is 0.460. The van der Waals surface area contributed by atoms with Crippen LogP contribution in [0.1, 0.15) is 46.9 Å². The summed E-state index contributed by atoms with van der Waals surface area (Å²) in [6.45, 7) is 14.9. The van der Waals surface area contributed by atoms with Crippen LogP contribution in [0.2, 0.25) is 0 Å². The summed E-state index contributed by atoms with van der Waals surface area (Å²) in [4.78, 5) is 15.8. The van der Waals surface area contributed by atoms with Crippen LogP contribution in [0.25, 0.3) is 5.57 Å². The molecule has 0 unspecified atom stereocenters. The average Bonchev–Trinajstić information content (AvgIpc) is 3.13.